The zero-order valence-electron chi connectivity index (χ0n) is 11.9. The number of rotatable bonds is 4. The molecule has 1 aliphatic rings. The summed E-state index contributed by atoms with van der Waals surface area (Å²) in [6.07, 6.45) is 4.91. The van der Waals surface area contributed by atoms with E-state index in [1.165, 1.54) is 35.3 Å². The second kappa shape index (κ2) is 6.18. The molecule has 114 valence electrons. The summed E-state index contributed by atoms with van der Waals surface area (Å²) in [4.78, 5) is 1.19. The second-order valence-electron chi connectivity index (χ2n) is 5.47. The number of nitrogens with zero attached hydrogens (tertiary/aromatic N) is 4. The molecule has 1 aliphatic carbocycles. The summed E-state index contributed by atoms with van der Waals surface area (Å²) in [5.41, 5.74) is 0. The van der Waals surface area contributed by atoms with E-state index in [1.807, 2.05) is 16.8 Å². The van der Waals surface area contributed by atoms with E-state index < -0.39 is 0 Å². The summed E-state index contributed by atoms with van der Waals surface area (Å²) in [6, 6.07) is 8.73. The molecule has 0 aliphatic heterocycles. The lowest BCUT2D eigenvalue weighted by molar-refractivity contribution is 0.423. The first-order valence-electron chi connectivity index (χ1n) is 7.39. The van der Waals surface area contributed by atoms with E-state index in [2.05, 4.69) is 27.7 Å². The van der Waals surface area contributed by atoms with Crippen molar-refractivity contribution >= 4 is 44.8 Å². The largest absolute Gasteiger partial charge is 0.217 e. The number of benzene rings is 1. The van der Waals surface area contributed by atoms with Crippen molar-refractivity contribution in [1.29, 1.82) is 0 Å². The molecule has 1 fully saturated rings. The van der Waals surface area contributed by atoms with Crippen LogP contribution < -0.4 is 0 Å². The van der Waals surface area contributed by atoms with Gasteiger partial charge in [0.15, 0.2) is 0 Å². The maximum atomic E-state index is 6.50. The highest BCUT2D eigenvalue weighted by atomic mass is 35.5. The number of aromatic nitrogens is 4. The Bertz CT molecular complexity index is 792. The van der Waals surface area contributed by atoms with Gasteiger partial charge in [0.05, 0.1) is 11.1 Å². The van der Waals surface area contributed by atoms with Gasteiger partial charge in [0.25, 0.3) is 0 Å². The number of tetrazole rings is 1. The van der Waals surface area contributed by atoms with Crippen molar-refractivity contribution in [3.63, 3.8) is 0 Å². The number of halogens is 1. The van der Waals surface area contributed by atoms with E-state index in [4.69, 9.17) is 11.6 Å². The Labute approximate surface area is 141 Å². The summed E-state index contributed by atoms with van der Waals surface area (Å²) in [5.74, 6) is 0.811. The molecule has 22 heavy (non-hydrogen) atoms. The van der Waals surface area contributed by atoms with Crippen molar-refractivity contribution in [2.75, 3.05) is 0 Å². The van der Waals surface area contributed by atoms with Crippen molar-refractivity contribution in [2.45, 2.75) is 42.6 Å². The molecule has 0 radical (unpaired) electrons. The van der Waals surface area contributed by atoms with Crippen LogP contribution in [0.25, 0.3) is 10.1 Å². The molecular formula is C15H15ClN4S2. The van der Waals surface area contributed by atoms with Crippen molar-refractivity contribution in [3.05, 3.63) is 34.2 Å². The molecule has 4 rings (SSSR count). The van der Waals surface area contributed by atoms with Gasteiger partial charge in [-0.3, -0.25) is 0 Å². The molecule has 0 atom stereocenters. The van der Waals surface area contributed by atoms with Crippen molar-refractivity contribution in [1.82, 2.24) is 20.2 Å². The highest BCUT2D eigenvalue weighted by Gasteiger charge is 2.22. The molecule has 3 aromatic rings. The smallest absolute Gasteiger partial charge is 0.209 e. The summed E-state index contributed by atoms with van der Waals surface area (Å²) in [5, 5.41) is 15.1. The molecular weight excluding hydrogens is 336 g/mol. The van der Waals surface area contributed by atoms with Crippen LogP contribution in [0, 0.1) is 0 Å². The summed E-state index contributed by atoms with van der Waals surface area (Å²) >= 11 is 9.93. The van der Waals surface area contributed by atoms with Gasteiger partial charge in [-0.05, 0) is 29.3 Å². The van der Waals surface area contributed by atoms with Gasteiger partial charge in [0.1, 0.15) is 0 Å². The maximum Gasteiger partial charge on any atom is 0.209 e. The number of thiophene rings is 1. The summed E-state index contributed by atoms with van der Waals surface area (Å²) < 4.78 is 3.23. The third-order valence-electron chi connectivity index (χ3n) is 4.07. The molecule has 1 aromatic carbocycles. The minimum atomic E-state index is 0.468. The first-order valence-corrected chi connectivity index (χ1v) is 9.57. The molecule has 4 nitrogen and oxygen atoms in total. The number of fused-ring (bicyclic) bond motifs is 1. The Morgan fingerprint density at radius 3 is 2.91 bits per heavy atom. The number of hydrogen-bond donors (Lipinski definition) is 0. The van der Waals surface area contributed by atoms with Gasteiger partial charge in [-0.25, -0.2) is 4.68 Å². The van der Waals surface area contributed by atoms with Gasteiger partial charge < -0.3 is 0 Å². The normalized spacial score (nSPS) is 15.9. The van der Waals surface area contributed by atoms with Crippen LogP contribution in [-0.4, -0.2) is 20.2 Å². The van der Waals surface area contributed by atoms with E-state index in [0.717, 1.165) is 21.3 Å². The van der Waals surface area contributed by atoms with Gasteiger partial charge >= 0.3 is 0 Å². The predicted molar refractivity (Wildman–Crippen MR) is 91.7 cm³/mol. The fraction of sp³-hybridized carbons (Fsp3) is 0.400. The van der Waals surface area contributed by atoms with Gasteiger partial charge in [-0.15, -0.1) is 16.4 Å². The number of thioether (sulfide) groups is 1. The molecule has 0 spiro atoms. The molecule has 2 aromatic heterocycles. The lowest BCUT2D eigenvalue weighted by Crippen LogP contribution is -2.08. The Kier molecular flexibility index (Phi) is 4.07. The standard InChI is InChI=1S/C15H15ClN4S2/c16-14-11-7-3-4-8-12(11)22-13(14)9-21-15-17-18-19-20(15)10-5-1-2-6-10/h3-4,7-8,10H,1-2,5-6,9H2. The Balaban J connectivity index is 1.55. The lowest BCUT2D eigenvalue weighted by atomic mass is 10.2. The average molecular weight is 351 g/mol. The average Bonchev–Trinajstić information content (AvgIpc) is 3.25. The van der Waals surface area contributed by atoms with E-state index in [0.29, 0.717) is 6.04 Å². The first kappa shape index (κ1) is 14.5. The zero-order chi connectivity index (χ0) is 14.9. The molecule has 2 heterocycles. The zero-order valence-corrected chi connectivity index (χ0v) is 14.3. The molecule has 0 amide bonds. The third-order valence-corrected chi connectivity index (χ3v) is 6.92. The highest BCUT2D eigenvalue weighted by Crippen LogP contribution is 2.39. The van der Waals surface area contributed by atoms with E-state index in [9.17, 15) is 0 Å². The minimum absolute atomic E-state index is 0.468. The quantitative estimate of drug-likeness (QED) is 0.624. The van der Waals surface area contributed by atoms with Crippen LogP contribution in [0.5, 0.6) is 0 Å². The Morgan fingerprint density at radius 1 is 1.27 bits per heavy atom. The van der Waals surface area contributed by atoms with Crippen molar-refractivity contribution < 1.29 is 0 Å². The van der Waals surface area contributed by atoms with Gasteiger partial charge in [0, 0.05) is 20.7 Å². The van der Waals surface area contributed by atoms with E-state index in [-0.39, 0.29) is 0 Å². The van der Waals surface area contributed by atoms with Gasteiger partial charge in [-0.1, -0.05) is 54.4 Å². The van der Waals surface area contributed by atoms with Crippen LogP contribution in [0.2, 0.25) is 5.02 Å². The van der Waals surface area contributed by atoms with E-state index in [1.54, 1.807) is 23.1 Å². The predicted octanol–water partition coefficient (Wildman–Crippen LogP) is 4.95. The Morgan fingerprint density at radius 2 is 2.09 bits per heavy atom. The van der Waals surface area contributed by atoms with Crippen LogP contribution in [0.4, 0.5) is 0 Å². The van der Waals surface area contributed by atoms with Crippen LogP contribution in [0.15, 0.2) is 29.4 Å². The summed E-state index contributed by atoms with van der Waals surface area (Å²) in [7, 11) is 0. The topological polar surface area (TPSA) is 43.6 Å². The fourth-order valence-electron chi connectivity index (χ4n) is 2.95. The monoisotopic (exact) mass is 350 g/mol. The molecule has 7 heteroatoms. The minimum Gasteiger partial charge on any atom is -0.217 e. The van der Waals surface area contributed by atoms with Crippen LogP contribution >= 0.6 is 34.7 Å². The van der Waals surface area contributed by atoms with E-state index >= 15 is 0 Å². The van der Waals surface area contributed by atoms with Crippen LogP contribution in [0.1, 0.15) is 36.6 Å². The van der Waals surface area contributed by atoms with Crippen LogP contribution in [0.3, 0.4) is 0 Å². The lowest BCUT2D eigenvalue weighted by Gasteiger charge is -2.10. The molecule has 0 unspecified atom stereocenters. The third kappa shape index (κ3) is 2.64. The first-order chi connectivity index (χ1) is 10.8. The second-order valence-corrected chi connectivity index (χ2v) is 7.93. The molecule has 0 bridgehead atoms. The van der Waals surface area contributed by atoms with Crippen molar-refractivity contribution in [3.8, 4) is 0 Å². The van der Waals surface area contributed by atoms with Crippen LogP contribution in [-0.2, 0) is 5.75 Å². The fourth-order valence-corrected chi connectivity index (χ4v) is 5.55. The molecule has 0 N–H and O–H groups in total. The molecule has 1 saturated carbocycles. The SMILES string of the molecule is Clc1c(CSc2nnnn2C2CCCC2)sc2ccccc12. The maximum absolute atomic E-state index is 6.50. The number of hydrogen-bond acceptors (Lipinski definition) is 5. The van der Waals surface area contributed by atoms with Crippen molar-refractivity contribution in [2.24, 2.45) is 0 Å². The Hall–Kier alpha value is -1.11. The summed E-state index contributed by atoms with van der Waals surface area (Å²) in [6.45, 7) is 0. The van der Waals surface area contributed by atoms with Gasteiger partial charge in [-0.2, -0.15) is 0 Å². The van der Waals surface area contributed by atoms with Gasteiger partial charge in [0.2, 0.25) is 5.16 Å². The molecule has 0 saturated heterocycles. The highest BCUT2D eigenvalue weighted by molar-refractivity contribution is 7.98.